The number of pyridine rings is 1. The molecule has 1 unspecified atom stereocenters. The van der Waals surface area contributed by atoms with Crippen molar-refractivity contribution in [1.82, 2.24) is 9.88 Å². The second-order valence-corrected chi connectivity index (χ2v) is 10.4. The number of fused-ring (bicyclic) bond motifs is 1. The summed E-state index contributed by atoms with van der Waals surface area (Å²) in [5.41, 5.74) is 3.51. The monoisotopic (exact) mass is 464 g/mol. The fourth-order valence-corrected chi connectivity index (χ4v) is 5.12. The number of carbonyl (C=O) groups is 1. The normalized spacial score (nSPS) is 14.9. The third-order valence-corrected chi connectivity index (χ3v) is 6.90. The highest BCUT2D eigenvalue weighted by molar-refractivity contribution is 8.00. The molecule has 0 radical (unpaired) electrons. The maximum atomic E-state index is 13.4. The van der Waals surface area contributed by atoms with Crippen LogP contribution in [0.5, 0.6) is 5.75 Å². The van der Waals surface area contributed by atoms with Crippen molar-refractivity contribution in [2.45, 2.75) is 62.7 Å². The van der Waals surface area contributed by atoms with Gasteiger partial charge in [0, 0.05) is 12.6 Å². The Labute approximate surface area is 199 Å². The van der Waals surface area contributed by atoms with E-state index in [1.807, 2.05) is 53.4 Å². The Kier molecular flexibility index (Phi) is 7.03. The van der Waals surface area contributed by atoms with Crippen molar-refractivity contribution in [3.63, 3.8) is 0 Å². The Morgan fingerprint density at radius 2 is 1.94 bits per heavy atom. The van der Waals surface area contributed by atoms with E-state index in [0.29, 0.717) is 24.9 Å². The second kappa shape index (κ2) is 9.96. The van der Waals surface area contributed by atoms with Crippen LogP contribution in [0.2, 0.25) is 0 Å². The lowest BCUT2D eigenvalue weighted by Gasteiger charge is -2.30. The van der Waals surface area contributed by atoms with Gasteiger partial charge in [-0.1, -0.05) is 48.2 Å². The maximum absolute atomic E-state index is 13.4. The van der Waals surface area contributed by atoms with E-state index in [9.17, 15) is 9.18 Å². The molecule has 0 fully saturated rings. The van der Waals surface area contributed by atoms with Gasteiger partial charge in [0.25, 0.3) is 0 Å². The van der Waals surface area contributed by atoms with Gasteiger partial charge in [-0.05, 0) is 68.1 Å². The Balaban J connectivity index is 1.54. The number of benzene rings is 2. The molecular weight excluding hydrogens is 435 g/mol. The van der Waals surface area contributed by atoms with Gasteiger partial charge < -0.3 is 9.64 Å². The minimum atomic E-state index is -0.499. The molecule has 0 bridgehead atoms. The van der Waals surface area contributed by atoms with Crippen molar-refractivity contribution >= 4 is 17.7 Å². The van der Waals surface area contributed by atoms with Gasteiger partial charge >= 0.3 is 0 Å². The van der Waals surface area contributed by atoms with E-state index in [0.717, 1.165) is 27.5 Å². The molecule has 1 aliphatic rings. The van der Waals surface area contributed by atoms with E-state index < -0.39 is 6.67 Å². The molecule has 2 heterocycles. The van der Waals surface area contributed by atoms with Crippen molar-refractivity contribution in [2.75, 3.05) is 0 Å². The first-order chi connectivity index (χ1) is 15.8. The number of ether oxygens (including phenoxy) is 1. The number of hydrogen-bond donors (Lipinski definition) is 0. The third kappa shape index (κ3) is 5.74. The molecule has 0 N–H and O–H groups in total. The number of amides is 1. The Bertz CT molecular complexity index is 1120. The molecule has 0 spiro atoms. The van der Waals surface area contributed by atoms with Crippen molar-refractivity contribution in [3.8, 4) is 5.75 Å². The van der Waals surface area contributed by atoms with Gasteiger partial charge in [0.2, 0.25) is 5.91 Å². The van der Waals surface area contributed by atoms with E-state index in [2.05, 4.69) is 31.8 Å². The van der Waals surface area contributed by atoms with Gasteiger partial charge in [0.1, 0.15) is 12.4 Å². The van der Waals surface area contributed by atoms with Crippen LogP contribution in [0, 0.1) is 0 Å². The molecule has 1 atom stereocenters. The summed E-state index contributed by atoms with van der Waals surface area (Å²) in [4.78, 5) is 20.5. The van der Waals surface area contributed by atoms with E-state index >= 15 is 0 Å². The second-order valence-electron chi connectivity index (χ2n) is 8.78. The number of halogens is 1. The number of aryl methyl sites for hydroxylation is 1. The van der Waals surface area contributed by atoms with Crippen molar-refractivity contribution in [1.29, 1.82) is 0 Å². The zero-order valence-electron chi connectivity index (χ0n) is 19.3. The average Bonchev–Trinajstić information content (AvgIpc) is 3.14. The minimum Gasteiger partial charge on any atom is -0.476 e. The molecule has 4 rings (SSSR count). The van der Waals surface area contributed by atoms with Crippen LogP contribution in [0.25, 0.3) is 0 Å². The summed E-state index contributed by atoms with van der Waals surface area (Å²) in [7, 11) is 0. The number of aromatic nitrogens is 1. The van der Waals surface area contributed by atoms with Crippen LogP contribution < -0.4 is 4.74 Å². The summed E-state index contributed by atoms with van der Waals surface area (Å²) in [5, 5.41) is 0. The first-order valence-corrected chi connectivity index (χ1v) is 12.0. The van der Waals surface area contributed by atoms with Crippen LogP contribution in [0.15, 0.2) is 71.8 Å². The van der Waals surface area contributed by atoms with Crippen LogP contribution in [0.1, 0.15) is 55.6 Å². The SMILES string of the molecule is CC(c1ccc2c(c1)SC(C)(C)O2)N(Cc1ccccn1)C(=O)CCc1cccc(CF)c1. The van der Waals surface area contributed by atoms with Gasteiger partial charge in [-0.3, -0.25) is 9.78 Å². The molecule has 0 saturated heterocycles. The van der Waals surface area contributed by atoms with Gasteiger partial charge in [-0.15, -0.1) is 0 Å². The zero-order chi connectivity index (χ0) is 23.4. The van der Waals surface area contributed by atoms with E-state index in [1.54, 1.807) is 24.0 Å². The van der Waals surface area contributed by atoms with Gasteiger partial charge in [0.15, 0.2) is 4.93 Å². The van der Waals surface area contributed by atoms with Crippen LogP contribution in [-0.4, -0.2) is 20.7 Å². The fraction of sp³-hybridized carbons (Fsp3) is 0.333. The van der Waals surface area contributed by atoms with Crippen molar-refractivity contribution in [3.05, 3.63) is 89.2 Å². The van der Waals surface area contributed by atoms with E-state index in [-0.39, 0.29) is 16.9 Å². The molecule has 0 saturated carbocycles. The molecule has 2 aromatic carbocycles. The highest BCUT2D eigenvalue weighted by Crippen LogP contribution is 2.48. The highest BCUT2D eigenvalue weighted by atomic mass is 32.2. The lowest BCUT2D eigenvalue weighted by Crippen LogP contribution is -2.33. The number of hydrogen-bond acceptors (Lipinski definition) is 4. The number of carbonyl (C=O) groups excluding carboxylic acids is 1. The zero-order valence-corrected chi connectivity index (χ0v) is 20.1. The summed E-state index contributed by atoms with van der Waals surface area (Å²) >= 11 is 1.69. The fourth-order valence-electron chi connectivity index (χ4n) is 4.05. The topological polar surface area (TPSA) is 42.4 Å². The first kappa shape index (κ1) is 23.3. The number of rotatable bonds is 8. The third-order valence-electron chi connectivity index (χ3n) is 5.78. The van der Waals surface area contributed by atoms with Crippen LogP contribution >= 0.6 is 11.8 Å². The molecule has 1 amide bonds. The summed E-state index contributed by atoms with van der Waals surface area (Å²) in [6, 6.07) is 19.1. The maximum Gasteiger partial charge on any atom is 0.223 e. The smallest absolute Gasteiger partial charge is 0.223 e. The molecule has 1 aliphatic heterocycles. The van der Waals surface area contributed by atoms with Crippen LogP contribution in [0.3, 0.4) is 0 Å². The predicted octanol–water partition coefficient (Wildman–Crippen LogP) is 6.49. The van der Waals surface area contributed by atoms with Gasteiger partial charge in [0.05, 0.1) is 23.2 Å². The van der Waals surface area contributed by atoms with Crippen LogP contribution in [0.4, 0.5) is 4.39 Å². The number of thioether (sulfide) groups is 1. The van der Waals surface area contributed by atoms with Crippen molar-refractivity contribution < 1.29 is 13.9 Å². The lowest BCUT2D eigenvalue weighted by atomic mass is 10.0. The molecule has 6 heteroatoms. The largest absolute Gasteiger partial charge is 0.476 e. The molecular formula is C27H29FN2O2S. The molecule has 172 valence electrons. The quantitative estimate of drug-likeness (QED) is 0.382. The summed E-state index contributed by atoms with van der Waals surface area (Å²) in [6.07, 6.45) is 2.67. The summed E-state index contributed by atoms with van der Waals surface area (Å²) in [6.45, 7) is 6.09. The molecule has 0 aliphatic carbocycles. The summed E-state index contributed by atoms with van der Waals surface area (Å²) in [5.74, 6) is 0.930. The molecule has 4 nitrogen and oxygen atoms in total. The molecule has 1 aromatic heterocycles. The Morgan fingerprint density at radius 1 is 1.12 bits per heavy atom. The molecule has 3 aromatic rings. The first-order valence-electron chi connectivity index (χ1n) is 11.2. The van der Waals surface area contributed by atoms with Crippen molar-refractivity contribution in [2.24, 2.45) is 0 Å². The Morgan fingerprint density at radius 3 is 2.70 bits per heavy atom. The van der Waals surface area contributed by atoms with Gasteiger partial charge in [-0.2, -0.15) is 0 Å². The molecule has 33 heavy (non-hydrogen) atoms. The minimum absolute atomic E-state index is 0.0449. The van der Waals surface area contributed by atoms with E-state index in [1.165, 1.54) is 0 Å². The number of nitrogens with zero attached hydrogens (tertiary/aromatic N) is 2. The lowest BCUT2D eigenvalue weighted by molar-refractivity contribution is -0.134. The van der Waals surface area contributed by atoms with Gasteiger partial charge in [-0.25, -0.2) is 4.39 Å². The number of alkyl halides is 1. The standard InChI is InChI=1S/C27H29FN2O2S/c1-19(22-11-12-24-25(16-22)33-27(2,3)32-24)30(18-23-9-4-5-14-29-23)26(31)13-10-20-7-6-8-21(15-20)17-28/h4-9,11-12,14-16,19H,10,13,17-18H2,1-3H3. The highest BCUT2D eigenvalue weighted by Gasteiger charge is 2.32. The average molecular weight is 465 g/mol. The predicted molar refractivity (Wildman–Crippen MR) is 130 cm³/mol. The van der Waals surface area contributed by atoms with E-state index in [4.69, 9.17) is 4.74 Å². The summed E-state index contributed by atoms with van der Waals surface area (Å²) < 4.78 is 19.0. The Hall–Kier alpha value is -2.86. The van der Waals surface area contributed by atoms with Crippen LogP contribution in [-0.2, 0) is 24.4 Å².